The summed E-state index contributed by atoms with van der Waals surface area (Å²) in [5.74, 6) is -0.180. The van der Waals surface area contributed by atoms with Gasteiger partial charge in [-0.05, 0) is 30.5 Å². The number of aromatic nitrogens is 1. The number of nitrogens with zero attached hydrogens (tertiary/aromatic N) is 1. The Kier molecular flexibility index (Phi) is 4.65. The lowest BCUT2D eigenvalue weighted by Crippen LogP contribution is -2.47. The SMILES string of the molecule is CC1CC(C(O)C(F)(F)F)N(c2ccc3[nH]c(=O)cc(C(F)(F)F)c3c2)C1. The zero-order chi connectivity index (χ0) is 20.1. The maximum atomic E-state index is 13.3. The number of anilines is 1. The summed E-state index contributed by atoms with van der Waals surface area (Å²) >= 11 is 0. The number of hydrogen-bond acceptors (Lipinski definition) is 3. The van der Waals surface area contributed by atoms with Gasteiger partial charge >= 0.3 is 12.4 Å². The summed E-state index contributed by atoms with van der Waals surface area (Å²) in [6.45, 7) is 1.86. The molecule has 0 aliphatic carbocycles. The first-order valence-corrected chi connectivity index (χ1v) is 8.13. The van der Waals surface area contributed by atoms with E-state index in [-0.39, 0.29) is 35.5 Å². The van der Waals surface area contributed by atoms with Gasteiger partial charge in [0.1, 0.15) is 0 Å². The molecule has 2 N–H and O–H groups in total. The van der Waals surface area contributed by atoms with Crippen molar-refractivity contribution in [1.82, 2.24) is 4.98 Å². The number of hydrogen-bond donors (Lipinski definition) is 2. The fraction of sp³-hybridized carbons (Fsp3) is 0.471. The topological polar surface area (TPSA) is 56.3 Å². The van der Waals surface area contributed by atoms with E-state index >= 15 is 0 Å². The molecular weight excluding hydrogens is 378 g/mol. The van der Waals surface area contributed by atoms with E-state index in [9.17, 15) is 36.2 Å². The highest BCUT2D eigenvalue weighted by Gasteiger charge is 2.48. The summed E-state index contributed by atoms with van der Waals surface area (Å²) < 4.78 is 78.7. The van der Waals surface area contributed by atoms with Crippen LogP contribution in [0.1, 0.15) is 18.9 Å². The maximum absolute atomic E-state index is 13.3. The van der Waals surface area contributed by atoms with Crippen molar-refractivity contribution < 1.29 is 31.4 Å². The van der Waals surface area contributed by atoms with Crippen LogP contribution in [0.25, 0.3) is 10.9 Å². The monoisotopic (exact) mass is 394 g/mol. The number of benzene rings is 1. The third-order valence-electron chi connectivity index (χ3n) is 4.72. The van der Waals surface area contributed by atoms with Crippen LogP contribution < -0.4 is 10.5 Å². The molecule has 10 heteroatoms. The highest BCUT2D eigenvalue weighted by Crippen LogP contribution is 2.39. The van der Waals surface area contributed by atoms with E-state index in [1.165, 1.54) is 17.0 Å². The second-order valence-electron chi connectivity index (χ2n) is 6.82. The van der Waals surface area contributed by atoms with Gasteiger partial charge in [-0.1, -0.05) is 6.92 Å². The Labute approximate surface area is 149 Å². The van der Waals surface area contributed by atoms with E-state index in [1.807, 2.05) is 0 Å². The lowest BCUT2D eigenvalue weighted by molar-refractivity contribution is -0.209. The number of fused-ring (bicyclic) bond motifs is 1. The van der Waals surface area contributed by atoms with E-state index in [0.717, 1.165) is 6.07 Å². The van der Waals surface area contributed by atoms with Crippen molar-refractivity contribution in [3.8, 4) is 0 Å². The number of aromatic amines is 1. The fourth-order valence-corrected chi connectivity index (χ4v) is 3.55. The van der Waals surface area contributed by atoms with Gasteiger partial charge in [-0.15, -0.1) is 0 Å². The summed E-state index contributed by atoms with van der Waals surface area (Å²) in [6, 6.07) is 2.78. The van der Waals surface area contributed by atoms with Gasteiger partial charge in [0.05, 0.1) is 11.6 Å². The maximum Gasteiger partial charge on any atom is 0.417 e. The van der Waals surface area contributed by atoms with E-state index in [0.29, 0.717) is 6.07 Å². The lowest BCUT2D eigenvalue weighted by Gasteiger charge is -2.31. The van der Waals surface area contributed by atoms with Crippen LogP contribution in [0.3, 0.4) is 0 Å². The first-order chi connectivity index (χ1) is 12.4. The molecule has 4 nitrogen and oxygen atoms in total. The van der Waals surface area contributed by atoms with E-state index in [1.54, 1.807) is 6.92 Å². The Morgan fingerprint density at radius 3 is 2.44 bits per heavy atom. The van der Waals surface area contributed by atoms with Crippen LogP contribution in [0.15, 0.2) is 29.1 Å². The molecule has 2 aromatic rings. The van der Waals surface area contributed by atoms with E-state index < -0.39 is 35.6 Å². The third kappa shape index (κ3) is 3.76. The highest BCUT2D eigenvalue weighted by molar-refractivity contribution is 5.86. The molecule has 0 bridgehead atoms. The molecule has 1 aromatic carbocycles. The fourth-order valence-electron chi connectivity index (χ4n) is 3.55. The zero-order valence-corrected chi connectivity index (χ0v) is 14.0. The summed E-state index contributed by atoms with van der Waals surface area (Å²) in [6.07, 6.45) is -12.2. The Morgan fingerprint density at radius 1 is 1.19 bits per heavy atom. The smallest absolute Gasteiger partial charge is 0.382 e. The molecule has 0 spiro atoms. The molecule has 0 saturated carbocycles. The molecule has 3 unspecified atom stereocenters. The predicted octanol–water partition coefficient (Wildman–Crippen LogP) is 3.68. The predicted molar refractivity (Wildman–Crippen MR) is 86.5 cm³/mol. The average Bonchev–Trinajstić information content (AvgIpc) is 2.92. The van der Waals surface area contributed by atoms with Gasteiger partial charge in [-0.2, -0.15) is 26.3 Å². The van der Waals surface area contributed by atoms with Crippen LogP contribution in [0.5, 0.6) is 0 Å². The molecule has 0 amide bonds. The minimum Gasteiger partial charge on any atom is -0.382 e. The largest absolute Gasteiger partial charge is 0.417 e. The number of aliphatic hydroxyl groups is 1. The molecule has 27 heavy (non-hydrogen) atoms. The van der Waals surface area contributed by atoms with Crippen molar-refractivity contribution in [2.75, 3.05) is 11.4 Å². The molecule has 0 radical (unpaired) electrons. The molecule has 1 saturated heterocycles. The minimum atomic E-state index is -4.84. The van der Waals surface area contributed by atoms with Crippen LogP contribution >= 0.6 is 0 Å². The highest BCUT2D eigenvalue weighted by atomic mass is 19.4. The van der Waals surface area contributed by atoms with Crippen LogP contribution in [-0.4, -0.2) is 35.0 Å². The van der Waals surface area contributed by atoms with E-state index in [2.05, 4.69) is 4.98 Å². The third-order valence-corrected chi connectivity index (χ3v) is 4.72. The molecular formula is C17H16F6N2O2. The Bertz CT molecular complexity index is 905. The number of pyridine rings is 1. The molecule has 3 rings (SSSR count). The Balaban J connectivity index is 2.11. The van der Waals surface area contributed by atoms with Crippen LogP contribution in [0, 0.1) is 5.92 Å². The molecule has 3 atom stereocenters. The van der Waals surface area contributed by atoms with Gasteiger partial charge in [0, 0.05) is 29.2 Å². The van der Waals surface area contributed by atoms with Gasteiger partial charge < -0.3 is 15.0 Å². The van der Waals surface area contributed by atoms with Gasteiger partial charge in [-0.3, -0.25) is 4.79 Å². The standard InChI is InChI=1S/C17H16F6N2O2/c1-8-4-13(15(27)17(21,22)23)25(7-8)9-2-3-12-10(5-9)11(16(18,19)20)6-14(26)24-12/h2-3,5-6,8,13,15,27H,4,7H2,1H3,(H,24,26). The van der Waals surface area contributed by atoms with Gasteiger partial charge in [-0.25, -0.2) is 0 Å². The lowest BCUT2D eigenvalue weighted by atomic mass is 10.0. The molecule has 1 fully saturated rings. The van der Waals surface area contributed by atoms with Crippen LogP contribution in [-0.2, 0) is 6.18 Å². The number of rotatable bonds is 2. The van der Waals surface area contributed by atoms with Gasteiger partial charge in [0.15, 0.2) is 6.10 Å². The van der Waals surface area contributed by atoms with Crippen molar-refractivity contribution in [3.63, 3.8) is 0 Å². The molecule has 1 aliphatic rings. The normalized spacial score (nSPS) is 22.4. The zero-order valence-electron chi connectivity index (χ0n) is 14.0. The number of aliphatic hydroxyl groups excluding tert-OH is 1. The number of H-pyrrole nitrogens is 1. The Morgan fingerprint density at radius 2 is 1.85 bits per heavy atom. The van der Waals surface area contributed by atoms with Crippen molar-refractivity contribution in [3.05, 3.63) is 40.2 Å². The first kappa shape index (κ1) is 19.5. The van der Waals surface area contributed by atoms with Gasteiger partial charge in [0.2, 0.25) is 5.56 Å². The average molecular weight is 394 g/mol. The molecule has 1 aliphatic heterocycles. The summed E-state index contributed by atoms with van der Waals surface area (Å²) in [7, 11) is 0. The summed E-state index contributed by atoms with van der Waals surface area (Å²) in [5, 5.41) is 9.35. The first-order valence-electron chi connectivity index (χ1n) is 8.13. The van der Waals surface area contributed by atoms with Crippen molar-refractivity contribution in [2.24, 2.45) is 5.92 Å². The van der Waals surface area contributed by atoms with Crippen molar-refractivity contribution >= 4 is 16.6 Å². The molecule has 2 heterocycles. The minimum absolute atomic E-state index is 0.0520. The Hall–Kier alpha value is -2.23. The second-order valence-corrected chi connectivity index (χ2v) is 6.82. The summed E-state index contributed by atoms with van der Waals surface area (Å²) in [4.78, 5) is 15.0. The molecule has 148 valence electrons. The van der Waals surface area contributed by atoms with Crippen molar-refractivity contribution in [1.29, 1.82) is 0 Å². The number of halogens is 6. The van der Waals surface area contributed by atoms with Crippen LogP contribution in [0.2, 0.25) is 0 Å². The summed E-state index contributed by atoms with van der Waals surface area (Å²) in [5.41, 5.74) is -2.04. The van der Waals surface area contributed by atoms with E-state index in [4.69, 9.17) is 0 Å². The van der Waals surface area contributed by atoms with Gasteiger partial charge in [0.25, 0.3) is 0 Å². The van der Waals surface area contributed by atoms with Crippen LogP contribution in [0.4, 0.5) is 32.0 Å². The number of alkyl halides is 6. The number of nitrogens with one attached hydrogen (secondary N) is 1. The quantitative estimate of drug-likeness (QED) is 0.764. The second kappa shape index (κ2) is 6.43. The molecule has 1 aromatic heterocycles. The van der Waals surface area contributed by atoms with Crippen molar-refractivity contribution in [2.45, 2.75) is 37.8 Å².